The number of piperazine rings is 1. The molecule has 2 heterocycles. The van der Waals surface area contributed by atoms with Crippen LogP contribution in [-0.2, 0) is 12.0 Å². The third-order valence-corrected chi connectivity index (χ3v) is 7.74. The minimum Gasteiger partial charge on any atom is -0.354 e. The van der Waals surface area contributed by atoms with Gasteiger partial charge in [0.25, 0.3) is 5.91 Å². The summed E-state index contributed by atoms with van der Waals surface area (Å²) in [6.07, 6.45) is 1.73. The van der Waals surface area contributed by atoms with Gasteiger partial charge >= 0.3 is 0 Å². The van der Waals surface area contributed by atoms with Crippen LogP contribution in [0.3, 0.4) is 0 Å². The van der Waals surface area contributed by atoms with Gasteiger partial charge in [-0.05, 0) is 64.4 Å². The van der Waals surface area contributed by atoms with Crippen molar-refractivity contribution in [3.05, 3.63) is 119 Å². The maximum atomic E-state index is 13.1. The molecule has 6 heteroatoms. The quantitative estimate of drug-likeness (QED) is 0.256. The molecule has 1 aliphatic rings. The number of carbonyl (C=O) groups is 1. The van der Waals surface area contributed by atoms with Crippen molar-refractivity contribution in [3.63, 3.8) is 0 Å². The SMILES string of the molecule is [C-]#[N+]c1ccc(-c2cc(C(=O)Nc3ccc(N4CCN(Cc5ccc(C(C)(C)C)cc5)CC4)nc3)ccc2C)cc1. The van der Waals surface area contributed by atoms with E-state index in [2.05, 4.69) is 70.0 Å². The molecule has 3 aromatic carbocycles. The summed E-state index contributed by atoms with van der Waals surface area (Å²) in [7, 11) is 0. The fourth-order valence-electron chi connectivity index (χ4n) is 5.14. The number of aryl methyl sites for hydroxylation is 1. The fourth-order valence-corrected chi connectivity index (χ4v) is 5.14. The van der Waals surface area contributed by atoms with Crippen molar-refractivity contribution < 1.29 is 4.79 Å². The minimum atomic E-state index is -0.178. The van der Waals surface area contributed by atoms with Crippen LogP contribution < -0.4 is 10.2 Å². The number of nitrogens with zero attached hydrogens (tertiary/aromatic N) is 4. The molecule has 208 valence electrons. The summed E-state index contributed by atoms with van der Waals surface area (Å²) < 4.78 is 0. The highest BCUT2D eigenvalue weighted by Gasteiger charge is 2.19. The van der Waals surface area contributed by atoms with E-state index in [0.29, 0.717) is 16.9 Å². The summed E-state index contributed by atoms with van der Waals surface area (Å²) in [4.78, 5) is 26.0. The third kappa shape index (κ3) is 6.82. The average molecular weight is 544 g/mol. The van der Waals surface area contributed by atoms with Crippen LogP contribution in [0, 0.1) is 13.5 Å². The van der Waals surface area contributed by atoms with Gasteiger partial charge in [-0.15, -0.1) is 0 Å². The number of rotatable bonds is 6. The van der Waals surface area contributed by atoms with Crippen LogP contribution >= 0.6 is 0 Å². The van der Waals surface area contributed by atoms with Crippen LogP contribution in [0.25, 0.3) is 16.0 Å². The molecule has 0 atom stereocenters. The number of nitrogens with one attached hydrogen (secondary N) is 1. The molecular weight excluding hydrogens is 506 g/mol. The Labute approximate surface area is 243 Å². The first-order valence-electron chi connectivity index (χ1n) is 14.1. The molecule has 1 aliphatic heterocycles. The predicted octanol–water partition coefficient (Wildman–Crippen LogP) is 7.48. The molecule has 0 aliphatic carbocycles. The first kappa shape index (κ1) is 28.1. The minimum absolute atomic E-state index is 0.174. The second-order valence-electron chi connectivity index (χ2n) is 11.8. The lowest BCUT2D eigenvalue weighted by molar-refractivity contribution is 0.102. The topological polar surface area (TPSA) is 52.8 Å². The number of carbonyl (C=O) groups excluding carboxylic acids is 1. The summed E-state index contributed by atoms with van der Waals surface area (Å²) in [5.74, 6) is 0.750. The Bertz CT molecular complexity index is 1540. The van der Waals surface area contributed by atoms with Crippen LogP contribution in [0.15, 0.2) is 85.1 Å². The third-order valence-electron chi connectivity index (χ3n) is 7.74. The van der Waals surface area contributed by atoms with Crippen molar-refractivity contribution in [3.8, 4) is 11.1 Å². The highest BCUT2D eigenvalue weighted by Crippen LogP contribution is 2.28. The van der Waals surface area contributed by atoms with E-state index in [4.69, 9.17) is 6.57 Å². The second-order valence-corrected chi connectivity index (χ2v) is 11.8. The van der Waals surface area contributed by atoms with E-state index < -0.39 is 0 Å². The highest BCUT2D eigenvalue weighted by atomic mass is 16.1. The smallest absolute Gasteiger partial charge is 0.255 e. The molecule has 0 saturated carbocycles. The number of hydrogen-bond acceptors (Lipinski definition) is 4. The van der Waals surface area contributed by atoms with Crippen LogP contribution in [0.4, 0.5) is 17.2 Å². The van der Waals surface area contributed by atoms with E-state index in [1.165, 1.54) is 11.1 Å². The van der Waals surface area contributed by atoms with E-state index >= 15 is 0 Å². The average Bonchev–Trinajstić information content (AvgIpc) is 2.98. The van der Waals surface area contributed by atoms with Crippen molar-refractivity contribution in [1.82, 2.24) is 9.88 Å². The maximum absolute atomic E-state index is 13.1. The lowest BCUT2D eigenvalue weighted by Crippen LogP contribution is -2.46. The molecule has 4 aromatic rings. The largest absolute Gasteiger partial charge is 0.354 e. The highest BCUT2D eigenvalue weighted by molar-refractivity contribution is 6.05. The predicted molar refractivity (Wildman–Crippen MR) is 168 cm³/mol. The van der Waals surface area contributed by atoms with E-state index in [9.17, 15) is 4.79 Å². The van der Waals surface area contributed by atoms with Crippen molar-refractivity contribution in [1.29, 1.82) is 0 Å². The van der Waals surface area contributed by atoms with E-state index in [0.717, 1.165) is 55.2 Å². The van der Waals surface area contributed by atoms with E-state index in [-0.39, 0.29) is 11.3 Å². The number of amides is 1. The summed E-state index contributed by atoms with van der Waals surface area (Å²) in [5, 5.41) is 2.98. The summed E-state index contributed by atoms with van der Waals surface area (Å²) >= 11 is 0. The first-order valence-corrected chi connectivity index (χ1v) is 14.1. The lowest BCUT2D eigenvalue weighted by atomic mass is 9.87. The molecule has 1 fully saturated rings. The molecular formula is C35H37N5O. The van der Waals surface area contributed by atoms with Crippen molar-refractivity contribution in [2.75, 3.05) is 36.4 Å². The van der Waals surface area contributed by atoms with Crippen molar-refractivity contribution in [2.45, 2.75) is 39.7 Å². The molecule has 6 nitrogen and oxygen atoms in total. The number of aromatic nitrogens is 1. The molecule has 0 radical (unpaired) electrons. The van der Waals surface area contributed by atoms with Gasteiger partial charge in [0.05, 0.1) is 18.5 Å². The molecule has 1 amide bonds. The Morgan fingerprint density at radius 2 is 1.63 bits per heavy atom. The number of anilines is 2. The Kier molecular flexibility index (Phi) is 8.19. The van der Waals surface area contributed by atoms with Crippen molar-refractivity contribution in [2.24, 2.45) is 0 Å². The Hall–Kier alpha value is -4.47. The van der Waals surface area contributed by atoms with Gasteiger partial charge in [-0.3, -0.25) is 9.69 Å². The van der Waals surface area contributed by atoms with Crippen LogP contribution in [0.5, 0.6) is 0 Å². The standard InChI is InChI=1S/C35H37N5O/c1-25-6-9-28(22-32(25)27-10-14-30(36-5)15-11-27)34(41)38-31-16-17-33(37-23-31)40-20-18-39(19-21-40)24-26-7-12-29(13-8-26)35(2,3)4/h6-17,22-23H,18-21,24H2,1-4H3,(H,38,41). The Morgan fingerprint density at radius 1 is 0.927 bits per heavy atom. The lowest BCUT2D eigenvalue weighted by Gasteiger charge is -2.35. The monoisotopic (exact) mass is 543 g/mol. The van der Waals surface area contributed by atoms with Gasteiger partial charge in [-0.1, -0.05) is 75.4 Å². The molecule has 0 spiro atoms. The summed E-state index contributed by atoms with van der Waals surface area (Å²) in [6, 6.07) is 26.0. The molecule has 1 saturated heterocycles. The number of pyridine rings is 1. The number of benzene rings is 3. The van der Waals surface area contributed by atoms with Gasteiger partial charge in [0.2, 0.25) is 0 Å². The molecule has 41 heavy (non-hydrogen) atoms. The summed E-state index contributed by atoms with van der Waals surface area (Å²) in [6.45, 7) is 20.7. The van der Waals surface area contributed by atoms with Crippen LogP contribution in [-0.4, -0.2) is 42.0 Å². The summed E-state index contributed by atoms with van der Waals surface area (Å²) in [5.41, 5.74) is 7.76. The van der Waals surface area contributed by atoms with Crippen LogP contribution in [0.2, 0.25) is 0 Å². The first-order chi connectivity index (χ1) is 19.7. The van der Waals surface area contributed by atoms with Gasteiger partial charge < -0.3 is 10.2 Å². The zero-order chi connectivity index (χ0) is 29.0. The zero-order valence-electron chi connectivity index (χ0n) is 24.3. The van der Waals surface area contributed by atoms with Gasteiger partial charge in [-0.25, -0.2) is 9.83 Å². The van der Waals surface area contributed by atoms with Gasteiger partial charge in [0.15, 0.2) is 5.69 Å². The van der Waals surface area contributed by atoms with Gasteiger partial charge in [0, 0.05) is 38.3 Å². The molecule has 5 rings (SSSR count). The van der Waals surface area contributed by atoms with E-state index in [1.807, 2.05) is 49.4 Å². The fraction of sp³-hybridized carbons (Fsp3) is 0.286. The Morgan fingerprint density at radius 3 is 2.24 bits per heavy atom. The van der Waals surface area contributed by atoms with Crippen molar-refractivity contribution >= 4 is 23.1 Å². The number of hydrogen-bond donors (Lipinski definition) is 1. The zero-order valence-corrected chi connectivity index (χ0v) is 24.3. The van der Waals surface area contributed by atoms with Crippen LogP contribution in [0.1, 0.15) is 47.8 Å². The van der Waals surface area contributed by atoms with Gasteiger partial charge in [-0.2, -0.15) is 0 Å². The van der Waals surface area contributed by atoms with E-state index in [1.54, 1.807) is 18.3 Å². The van der Waals surface area contributed by atoms with Gasteiger partial charge in [0.1, 0.15) is 5.82 Å². The molecule has 1 N–H and O–H groups in total. The molecule has 0 bridgehead atoms. The Balaban J connectivity index is 1.16. The second kappa shape index (κ2) is 12.0. The maximum Gasteiger partial charge on any atom is 0.255 e. The normalized spacial score (nSPS) is 14.0. The molecule has 0 unspecified atom stereocenters. The molecule has 1 aromatic heterocycles.